The molecular weight excluding hydrogens is 210 g/mol. The molecule has 3 nitrogen and oxygen atoms in total. The number of halogens is 1. The van der Waals surface area contributed by atoms with Gasteiger partial charge in [-0.15, -0.1) is 11.3 Å². The Bertz CT molecular complexity index is 266. The summed E-state index contributed by atoms with van der Waals surface area (Å²) in [5, 5.41) is 18.8. The predicted molar refractivity (Wildman–Crippen MR) is 55.7 cm³/mol. The van der Waals surface area contributed by atoms with Gasteiger partial charge in [0.1, 0.15) is 0 Å². The van der Waals surface area contributed by atoms with E-state index in [1.807, 2.05) is 24.1 Å². The lowest BCUT2D eigenvalue weighted by Gasteiger charge is -2.19. The van der Waals surface area contributed by atoms with E-state index in [-0.39, 0.29) is 6.61 Å². The van der Waals surface area contributed by atoms with Crippen molar-refractivity contribution < 1.29 is 10.2 Å². The van der Waals surface area contributed by atoms with Crippen molar-refractivity contribution in [3.8, 4) is 0 Å². The highest BCUT2D eigenvalue weighted by molar-refractivity contribution is 7.19. The molecule has 0 spiro atoms. The molecule has 0 amide bonds. The Morgan fingerprint density at radius 2 is 2.31 bits per heavy atom. The molecule has 0 aromatic carbocycles. The summed E-state index contributed by atoms with van der Waals surface area (Å²) in [7, 11) is 1.85. The predicted octanol–water partition coefficient (Wildman–Crippen LogP) is 1.19. The molecule has 1 aromatic rings. The Morgan fingerprint density at radius 3 is 2.77 bits per heavy atom. The Kier molecular flexibility index (Phi) is 3.99. The lowest BCUT2D eigenvalue weighted by atomic mass is 10.3. The highest BCUT2D eigenvalue weighted by Crippen LogP contribution is 2.28. The largest absolute Gasteiger partial charge is 0.394 e. The van der Waals surface area contributed by atoms with E-state index in [1.165, 1.54) is 11.3 Å². The Hall–Kier alpha value is -0.290. The second-order valence-electron chi connectivity index (χ2n) is 2.79. The number of thiophene rings is 1. The van der Waals surface area contributed by atoms with E-state index in [0.717, 1.165) is 9.34 Å². The standard InChI is InChI=1S/C8H12ClNO2S/c1-10(4-6(12)5-11)8-3-2-7(9)13-8/h2-3,6,11-12H,4-5H2,1H3. The molecule has 1 unspecified atom stereocenters. The van der Waals surface area contributed by atoms with Crippen LogP contribution in [0.15, 0.2) is 12.1 Å². The van der Waals surface area contributed by atoms with Crippen molar-refractivity contribution in [3.05, 3.63) is 16.5 Å². The summed E-state index contributed by atoms with van der Waals surface area (Å²) < 4.78 is 0.723. The maximum absolute atomic E-state index is 9.18. The first kappa shape index (κ1) is 10.8. The fourth-order valence-electron chi connectivity index (χ4n) is 0.974. The van der Waals surface area contributed by atoms with Gasteiger partial charge >= 0.3 is 0 Å². The molecule has 0 aliphatic heterocycles. The number of aliphatic hydroxyl groups is 2. The van der Waals surface area contributed by atoms with E-state index >= 15 is 0 Å². The van der Waals surface area contributed by atoms with Crippen LogP contribution in [0.1, 0.15) is 0 Å². The molecule has 0 fully saturated rings. The molecule has 1 atom stereocenters. The molecule has 0 saturated heterocycles. The van der Waals surface area contributed by atoms with Crippen LogP contribution in [-0.2, 0) is 0 Å². The minimum Gasteiger partial charge on any atom is -0.394 e. The van der Waals surface area contributed by atoms with Crippen molar-refractivity contribution in [2.75, 3.05) is 25.1 Å². The van der Waals surface area contributed by atoms with Gasteiger partial charge in [0.05, 0.1) is 22.0 Å². The van der Waals surface area contributed by atoms with Crippen molar-refractivity contribution >= 4 is 27.9 Å². The molecule has 0 saturated carbocycles. The second kappa shape index (κ2) is 4.81. The number of aliphatic hydroxyl groups excluding tert-OH is 2. The van der Waals surface area contributed by atoms with Gasteiger partial charge in [-0.2, -0.15) is 0 Å². The molecule has 74 valence electrons. The topological polar surface area (TPSA) is 43.7 Å². The van der Waals surface area contributed by atoms with Crippen LogP contribution >= 0.6 is 22.9 Å². The molecule has 13 heavy (non-hydrogen) atoms. The number of hydrogen-bond acceptors (Lipinski definition) is 4. The number of rotatable bonds is 4. The summed E-state index contributed by atoms with van der Waals surface area (Å²) in [6, 6.07) is 3.69. The van der Waals surface area contributed by atoms with Crippen LogP contribution in [0.4, 0.5) is 5.00 Å². The van der Waals surface area contributed by atoms with Crippen LogP contribution < -0.4 is 4.90 Å². The van der Waals surface area contributed by atoms with Gasteiger partial charge in [-0.05, 0) is 12.1 Å². The second-order valence-corrected chi connectivity index (χ2v) is 4.49. The third-order valence-corrected chi connectivity index (χ3v) is 2.98. The average molecular weight is 222 g/mol. The van der Waals surface area contributed by atoms with E-state index in [2.05, 4.69) is 0 Å². The zero-order chi connectivity index (χ0) is 9.84. The van der Waals surface area contributed by atoms with Crippen LogP contribution in [0, 0.1) is 0 Å². The van der Waals surface area contributed by atoms with Gasteiger partial charge in [0.15, 0.2) is 0 Å². The van der Waals surface area contributed by atoms with Gasteiger partial charge in [-0.1, -0.05) is 11.6 Å². The first-order chi connectivity index (χ1) is 6.13. The van der Waals surface area contributed by atoms with E-state index < -0.39 is 6.10 Å². The van der Waals surface area contributed by atoms with E-state index in [9.17, 15) is 5.11 Å². The number of likely N-dealkylation sites (N-methyl/N-ethyl adjacent to an activating group) is 1. The van der Waals surface area contributed by atoms with Gasteiger partial charge in [0, 0.05) is 13.6 Å². The summed E-state index contributed by atoms with van der Waals surface area (Å²) in [4.78, 5) is 1.86. The zero-order valence-electron chi connectivity index (χ0n) is 7.27. The van der Waals surface area contributed by atoms with Crippen LogP contribution in [0.5, 0.6) is 0 Å². The average Bonchev–Trinajstić information content (AvgIpc) is 2.51. The highest BCUT2D eigenvalue weighted by Gasteiger charge is 2.08. The molecule has 0 radical (unpaired) electrons. The summed E-state index contributed by atoms with van der Waals surface area (Å²) >= 11 is 7.20. The molecule has 2 N–H and O–H groups in total. The summed E-state index contributed by atoms with van der Waals surface area (Å²) in [6.07, 6.45) is -0.703. The lowest BCUT2D eigenvalue weighted by molar-refractivity contribution is 0.101. The number of hydrogen-bond donors (Lipinski definition) is 2. The minimum atomic E-state index is -0.703. The van der Waals surface area contributed by atoms with Gasteiger partial charge < -0.3 is 15.1 Å². The monoisotopic (exact) mass is 221 g/mol. The number of nitrogens with zero attached hydrogens (tertiary/aromatic N) is 1. The van der Waals surface area contributed by atoms with Crippen LogP contribution in [-0.4, -0.2) is 36.5 Å². The molecule has 1 rings (SSSR count). The molecule has 0 aliphatic carbocycles. The summed E-state index contributed by atoms with van der Waals surface area (Å²) in [5.41, 5.74) is 0. The maximum Gasteiger partial charge on any atom is 0.0950 e. The molecular formula is C8H12ClNO2S. The molecule has 0 bridgehead atoms. The normalized spacial score (nSPS) is 12.9. The quantitative estimate of drug-likeness (QED) is 0.803. The first-order valence-electron chi connectivity index (χ1n) is 3.89. The fraction of sp³-hybridized carbons (Fsp3) is 0.500. The highest BCUT2D eigenvalue weighted by atomic mass is 35.5. The third kappa shape index (κ3) is 3.15. The maximum atomic E-state index is 9.18. The summed E-state index contributed by atoms with van der Waals surface area (Å²) in [5.74, 6) is 0. The van der Waals surface area contributed by atoms with Crippen LogP contribution in [0.3, 0.4) is 0 Å². The van der Waals surface area contributed by atoms with Gasteiger partial charge in [-0.3, -0.25) is 0 Å². The van der Waals surface area contributed by atoms with Crippen LogP contribution in [0.25, 0.3) is 0 Å². The van der Waals surface area contributed by atoms with Crippen molar-refractivity contribution in [3.63, 3.8) is 0 Å². The Labute approximate surface area is 86.2 Å². The van der Waals surface area contributed by atoms with E-state index in [4.69, 9.17) is 16.7 Å². The molecule has 1 heterocycles. The minimum absolute atomic E-state index is 0.219. The smallest absolute Gasteiger partial charge is 0.0950 e. The Morgan fingerprint density at radius 1 is 1.62 bits per heavy atom. The van der Waals surface area contributed by atoms with E-state index in [1.54, 1.807) is 0 Å². The van der Waals surface area contributed by atoms with Crippen molar-refractivity contribution in [1.29, 1.82) is 0 Å². The molecule has 5 heteroatoms. The van der Waals surface area contributed by atoms with Crippen molar-refractivity contribution in [2.45, 2.75) is 6.10 Å². The van der Waals surface area contributed by atoms with Gasteiger partial charge in [-0.25, -0.2) is 0 Å². The fourth-order valence-corrected chi connectivity index (χ4v) is 1.98. The van der Waals surface area contributed by atoms with Crippen molar-refractivity contribution in [1.82, 2.24) is 0 Å². The van der Waals surface area contributed by atoms with Gasteiger partial charge in [0.25, 0.3) is 0 Å². The first-order valence-corrected chi connectivity index (χ1v) is 5.08. The molecule has 0 aliphatic rings. The van der Waals surface area contributed by atoms with Gasteiger partial charge in [0.2, 0.25) is 0 Å². The Balaban J connectivity index is 2.53. The lowest BCUT2D eigenvalue weighted by Crippen LogP contribution is -2.30. The van der Waals surface area contributed by atoms with Crippen molar-refractivity contribution in [2.24, 2.45) is 0 Å². The molecule has 1 aromatic heterocycles. The third-order valence-electron chi connectivity index (χ3n) is 1.63. The van der Waals surface area contributed by atoms with Crippen LogP contribution in [0.2, 0.25) is 4.34 Å². The number of anilines is 1. The van der Waals surface area contributed by atoms with E-state index in [0.29, 0.717) is 6.54 Å². The SMILES string of the molecule is CN(CC(O)CO)c1ccc(Cl)s1. The zero-order valence-corrected chi connectivity index (χ0v) is 8.85. The summed E-state index contributed by atoms with van der Waals surface area (Å²) in [6.45, 7) is 0.191.